The van der Waals surface area contributed by atoms with Crippen molar-refractivity contribution in [1.82, 2.24) is 0 Å². The first-order chi connectivity index (χ1) is 5.52. The Morgan fingerprint density at radius 1 is 1.46 bits per heavy atom. The van der Waals surface area contributed by atoms with Gasteiger partial charge < -0.3 is 4.55 Å². The molecule has 0 aliphatic heterocycles. The van der Waals surface area contributed by atoms with Gasteiger partial charge in [-0.05, 0) is 6.42 Å². The van der Waals surface area contributed by atoms with Gasteiger partial charge in [-0.25, -0.2) is 8.42 Å². The summed E-state index contributed by atoms with van der Waals surface area (Å²) in [5.74, 6) is 0. The summed E-state index contributed by atoms with van der Waals surface area (Å²) in [7, 11) is -4.34. The minimum atomic E-state index is -4.34. The van der Waals surface area contributed by atoms with E-state index in [1.165, 1.54) is 12.2 Å². The molecule has 1 atom stereocenters. The summed E-state index contributed by atoms with van der Waals surface area (Å²) in [4.78, 5) is 0. The Morgan fingerprint density at radius 2 is 2.08 bits per heavy atom. The molecule has 1 unspecified atom stereocenters. The molecule has 0 aromatic carbocycles. The Hall–Kier alpha value is 0.130. The molecule has 1 rings (SSSR count). The molecule has 0 amide bonds. The maximum absolute atomic E-state index is 10.8. The van der Waals surface area contributed by atoms with Crippen LogP contribution in [-0.4, -0.2) is 17.7 Å². The molecule has 1 aliphatic carbocycles. The van der Waals surface area contributed by atoms with Crippen molar-refractivity contribution in [3.63, 3.8) is 0 Å². The van der Waals surface area contributed by atoms with Gasteiger partial charge in [-0.2, -0.15) is 0 Å². The van der Waals surface area contributed by atoms with Crippen LogP contribution in [0.25, 0.3) is 0 Å². The summed E-state index contributed by atoms with van der Waals surface area (Å²) in [6, 6.07) is 0. The Balaban J connectivity index is 0.00000144. The molecule has 1 aliphatic rings. The third-order valence-corrected chi connectivity index (χ3v) is 3.27. The van der Waals surface area contributed by atoms with Crippen LogP contribution in [0.2, 0.25) is 0 Å². The van der Waals surface area contributed by atoms with Gasteiger partial charge in [0.2, 0.25) is 0 Å². The average molecular weight is 208 g/mol. The van der Waals surface area contributed by atoms with Crippen LogP contribution in [0.1, 0.15) is 6.42 Å². The molecule has 13 heavy (non-hydrogen) atoms. The van der Waals surface area contributed by atoms with Crippen molar-refractivity contribution < 1.29 is 42.5 Å². The largest absolute Gasteiger partial charge is 1.00 e. The van der Waals surface area contributed by atoms with Gasteiger partial charge in [0.15, 0.2) is 0 Å². The SMILES string of the molecule is C=CC1(S(=O)(=O)[O-])C=CC=CC1.[Na+]. The minimum Gasteiger partial charge on any atom is -0.747 e. The van der Waals surface area contributed by atoms with E-state index in [4.69, 9.17) is 0 Å². The predicted molar refractivity (Wildman–Crippen MR) is 45.5 cm³/mol. The van der Waals surface area contributed by atoms with Gasteiger partial charge in [-0.3, -0.25) is 0 Å². The second kappa shape index (κ2) is 4.57. The molecule has 0 saturated carbocycles. The first-order valence-corrected chi connectivity index (χ1v) is 4.86. The fourth-order valence-corrected chi connectivity index (χ4v) is 1.81. The third kappa shape index (κ3) is 2.54. The second-order valence-corrected chi connectivity index (χ2v) is 4.27. The maximum atomic E-state index is 10.8. The zero-order chi connectivity index (χ0) is 9.24. The minimum absolute atomic E-state index is 0. The van der Waals surface area contributed by atoms with Crippen molar-refractivity contribution in [2.75, 3.05) is 0 Å². The van der Waals surface area contributed by atoms with Crippen LogP contribution in [0.4, 0.5) is 0 Å². The van der Waals surface area contributed by atoms with E-state index < -0.39 is 14.9 Å². The zero-order valence-corrected chi connectivity index (χ0v) is 10.3. The first-order valence-electron chi connectivity index (χ1n) is 3.45. The van der Waals surface area contributed by atoms with Crippen LogP contribution in [0.15, 0.2) is 37.0 Å². The second-order valence-electron chi connectivity index (χ2n) is 2.60. The van der Waals surface area contributed by atoms with E-state index in [0.717, 1.165) is 0 Å². The fourth-order valence-electron chi connectivity index (χ4n) is 1.06. The van der Waals surface area contributed by atoms with E-state index in [2.05, 4.69) is 6.58 Å². The molecule has 0 radical (unpaired) electrons. The topological polar surface area (TPSA) is 57.2 Å². The van der Waals surface area contributed by atoms with E-state index >= 15 is 0 Å². The molecule has 0 aromatic heterocycles. The van der Waals surface area contributed by atoms with Gasteiger partial charge in [0, 0.05) is 0 Å². The van der Waals surface area contributed by atoms with E-state index in [1.807, 2.05) is 0 Å². The van der Waals surface area contributed by atoms with E-state index in [-0.39, 0.29) is 36.0 Å². The summed E-state index contributed by atoms with van der Waals surface area (Å²) in [6.45, 7) is 3.36. The molecule has 0 saturated heterocycles. The molecule has 0 heterocycles. The van der Waals surface area contributed by atoms with Crippen LogP contribution >= 0.6 is 0 Å². The molecule has 5 heteroatoms. The van der Waals surface area contributed by atoms with Gasteiger partial charge in [0.05, 0.1) is 4.75 Å². The van der Waals surface area contributed by atoms with Crippen LogP contribution in [0, 0.1) is 0 Å². The quantitative estimate of drug-likeness (QED) is 0.299. The number of allylic oxidation sites excluding steroid dienone is 3. The van der Waals surface area contributed by atoms with Crippen LogP contribution in [-0.2, 0) is 10.1 Å². The van der Waals surface area contributed by atoms with Gasteiger partial charge in [-0.1, -0.05) is 30.4 Å². The Kier molecular flexibility index (Phi) is 4.62. The third-order valence-electron chi connectivity index (χ3n) is 1.87. The summed E-state index contributed by atoms with van der Waals surface area (Å²) in [6.07, 6.45) is 7.60. The molecule has 0 fully saturated rings. The van der Waals surface area contributed by atoms with E-state index in [0.29, 0.717) is 0 Å². The molecule has 0 N–H and O–H groups in total. The standard InChI is InChI=1S/C8H10O3S.Na/c1-2-8(12(9,10)11)6-4-3-5-7-8;/h2-6H,1,7H2,(H,9,10,11);/q;+1/p-1. The van der Waals surface area contributed by atoms with E-state index in [1.54, 1.807) is 18.2 Å². The molecule has 3 nitrogen and oxygen atoms in total. The van der Waals surface area contributed by atoms with Crippen molar-refractivity contribution in [2.24, 2.45) is 0 Å². The van der Waals surface area contributed by atoms with Crippen molar-refractivity contribution in [1.29, 1.82) is 0 Å². The summed E-state index contributed by atoms with van der Waals surface area (Å²) in [5.41, 5.74) is 0. The number of rotatable bonds is 2. The van der Waals surface area contributed by atoms with Crippen molar-refractivity contribution >= 4 is 10.1 Å². The Bertz CT molecular complexity index is 342. The number of hydrogen-bond donors (Lipinski definition) is 0. The molecular weight excluding hydrogens is 199 g/mol. The normalized spacial score (nSPS) is 26.5. The molecule has 66 valence electrons. The average Bonchev–Trinajstić information content (AvgIpc) is 2.04. The monoisotopic (exact) mass is 208 g/mol. The molecule has 0 aromatic rings. The van der Waals surface area contributed by atoms with Gasteiger partial charge in [0.1, 0.15) is 10.1 Å². The smallest absolute Gasteiger partial charge is 0.747 e. The van der Waals surface area contributed by atoms with Gasteiger partial charge in [-0.15, -0.1) is 6.58 Å². The molecular formula is C8H9NaO3S. The predicted octanol–water partition coefficient (Wildman–Crippen LogP) is -2.02. The summed E-state index contributed by atoms with van der Waals surface area (Å²) < 4.78 is 31.1. The fraction of sp³-hybridized carbons (Fsp3) is 0.250. The Morgan fingerprint density at radius 3 is 2.31 bits per heavy atom. The molecule has 0 spiro atoms. The van der Waals surface area contributed by atoms with Crippen molar-refractivity contribution in [3.8, 4) is 0 Å². The summed E-state index contributed by atoms with van der Waals surface area (Å²) >= 11 is 0. The Labute approximate surface area is 100 Å². The van der Waals surface area contributed by atoms with Crippen LogP contribution in [0.5, 0.6) is 0 Å². The molecule has 0 bridgehead atoms. The van der Waals surface area contributed by atoms with Gasteiger partial charge in [0.25, 0.3) is 0 Å². The zero-order valence-electron chi connectivity index (χ0n) is 7.43. The summed E-state index contributed by atoms with van der Waals surface area (Å²) in [5, 5.41) is 0. The van der Waals surface area contributed by atoms with Crippen molar-refractivity contribution in [3.05, 3.63) is 37.0 Å². The van der Waals surface area contributed by atoms with Crippen molar-refractivity contribution in [2.45, 2.75) is 11.2 Å². The van der Waals surface area contributed by atoms with E-state index in [9.17, 15) is 13.0 Å². The van der Waals surface area contributed by atoms with Crippen LogP contribution < -0.4 is 29.6 Å². The maximum Gasteiger partial charge on any atom is 1.00 e. The number of hydrogen-bond acceptors (Lipinski definition) is 3. The van der Waals surface area contributed by atoms with Gasteiger partial charge >= 0.3 is 29.6 Å². The first kappa shape index (κ1) is 13.1. The van der Waals surface area contributed by atoms with Crippen LogP contribution in [0.3, 0.4) is 0 Å².